The molecule has 0 aromatic carbocycles. The number of amides is 1. The van der Waals surface area contributed by atoms with Gasteiger partial charge in [0.25, 0.3) is 0 Å². The molecule has 4 heteroatoms. The molecule has 0 unspecified atom stereocenters. The molecule has 0 saturated carbocycles. The summed E-state index contributed by atoms with van der Waals surface area (Å²) in [6.45, 7) is 3.88. The van der Waals surface area contributed by atoms with Crippen LogP contribution in [-0.2, 0) is 11.2 Å². The van der Waals surface area contributed by atoms with Gasteiger partial charge in [-0.1, -0.05) is 19.9 Å². The zero-order valence-electron chi connectivity index (χ0n) is 9.68. The summed E-state index contributed by atoms with van der Waals surface area (Å²) in [5.74, 6) is 0.115. The summed E-state index contributed by atoms with van der Waals surface area (Å²) in [6, 6.07) is 5.28. The molecule has 1 atom stereocenters. The predicted octanol–water partition coefficient (Wildman–Crippen LogP) is 0.757. The summed E-state index contributed by atoms with van der Waals surface area (Å²) in [7, 11) is 0. The molecule has 1 heterocycles. The van der Waals surface area contributed by atoms with E-state index in [0.717, 1.165) is 5.69 Å². The molecular weight excluding hydrogens is 204 g/mol. The van der Waals surface area contributed by atoms with Crippen molar-refractivity contribution in [2.75, 3.05) is 6.61 Å². The van der Waals surface area contributed by atoms with Crippen LogP contribution in [0.5, 0.6) is 0 Å². The van der Waals surface area contributed by atoms with Gasteiger partial charge in [0.2, 0.25) is 5.91 Å². The Bertz CT molecular complexity index is 325. The highest BCUT2D eigenvalue weighted by Gasteiger charge is 2.15. The number of aromatic nitrogens is 1. The van der Waals surface area contributed by atoms with E-state index in [1.165, 1.54) is 0 Å². The minimum Gasteiger partial charge on any atom is -0.394 e. The van der Waals surface area contributed by atoms with E-state index >= 15 is 0 Å². The average Bonchev–Trinajstić information content (AvgIpc) is 2.27. The molecule has 0 aliphatic rings. The molecule has 0 aliphatic carbocycles. The molecule has 1 aromatic rings. The van der Waals surface area contributed by atoms with E-state index in [1.807, 2.05) is 32.0 Å². The summed E-state index contributed by atoms with van der Waals surface area (Å²) in [5.41, 5.74) is 0.737. The van der Waals surface area contributed by atoms with Crippen LogP contribution in [0.2, 0.25) is 0 Å². The maximum atomic E-state index is 11.6. The second kappa shape index (κ2) is 6.23. The molecular formula is C12H18N2O2. The molecule has 0 spiro atoms. The quantitative estimate of drug-likeness (QED) is 0.773. The lowest BCUT2D eigenvalue weighted by Crippen LogP contribution is -2.41. The third-order valence-electron chi connectivity index (χ3n) is 2.42. The lowest BCUT2D eigenvalue weighted by Gasteiger charge is -2.19. The summed E-state index contributed by atoms with van der Waals surface area (Å²) in [5, 5.41) is 11.9. The highest BCUT2D eigenvalue weighted by Crippen LogP contribution is 2.01. The first-order valence-corrected chi connectivity index (χ1v) is 5.43. The van der Waals surface area contributed by atoms with Gasteiger partial charge in [-0.15, -0.1) is 0 Å². The van der Waals surface area contributed by atoms with Crippen LogP contribution in [0.3, 0.4) is 0 Å². The van der Waals surface area contributed by atoms with Crippen LogP contribution in [0.25, 0.3) is 0 Å². The molecule has 2 N–H and O–H groups in total. The largest absolute Gasteiger partial charge is 0.394 e. The van der Waals surface area contributed by atoms with Gasteiger partial charge in [0, 0.05) is 11.9 Å². The number of hydrogen-bond donors (Lipinski definition) is 2. The number of nitrogens with zero attached hydrogens (tertiary/aromatic N) is 1. The van der Waals surface area contributed by atoms with Gasteiger partial charge in [0.05, 0.1) is 19.1 Å². The van der Waals surface area contributed by atoms with E-state index in [4.69, 9.17) is 5.11 Å². The first kappa shape index (κ1) is 12.6. The van der Waals surface area contributed by atoms with Crippen LogP contribution in [0.15, 0.2) is 24.4 Å². The minimum atomic E-state index is -0.184. The van der Waals surface area contributed by atoms with Crippen molar-refractivity contribution < 1.29 is 9.90 Å². The van der Waals surface area contributed by atoms with E-state index in [-0.39, 0.29) is 30.9 Å². The molecule has 1 rings (SSSR count). The first-order valence-electron chi connectivity index (χ1n) is 5.43. The Morgan fingerprint density at radius 1 is 1.50 bits per heavy atom. The number of carbonyl (C=O) groups excluding carboxylic acids is 1. The van der Waals surface area contributed by atoms with E-state index < -0.39 is 0 Å². The van der Waals surface area contributed by atoms with Crippen LogP contribution < -0.4 is 5.32 Å². The molecule has 0 saturated heterocycles. The van der Waals surface area contributed by atoms with Crippen molar-refractivity contribution in [2.24, 2.45) is 5.92 Å². The van der Waals surface area contributed by atoms with Crippen molar-refractivity contribution in [1.82, 2.24) is 10.3 Å². The summed E-state index contributed by atoms with van der Waals surface area (Å²) in [4.78, 5) is 15.7. The topological polar surface area (TPSA) is 62.2 Å². The fourth-order valence-corrected chi connectivity index (χ4v) is 1.35. The second-order valence-electron chi connectivity index (χ2n) is 4.10. The predicted molar refractivity (Wildman–Crippen MR) is 61.8 cm³/mol. The SMILES string of the molecule is CC(C)[C@@H](CO)NC(=O)Cc1ccccn1. The minimum absolute atomic E-state index is 0.0361. The van der Waals surface area contributed by atoms with Gasteiger partial charge < -0.3 is 10.4 Å². The van der Waals surface area contributed by atoms with Crippen molar-refractivity contribution in [1.29, 1.82) is 0 Å². The number of aliphatic hydroxyl groups excluding tert-OH is 1. The lowest BCUT2D eigenvalue weighted by atomic mass is 10.1. The van der Waals surface area contributed by atoms with Crippen LogP contribution >= 0.6 is 0 Å². The number of hydrogen-bond acceptors (Lipinski definition) is 3. The molecule has 0 bridgehead atoms. The second-order valence-corrected chi connectivity index (χ2v) is 4.10. The van der Waals surface area contributed by atoms with Gasteiger partial charge in [-0.2, -0.15) is 0 Å². The Labute approximate surface area is 95.7 Å². The fraction of sp³-hybridized carbons (Fsp3) is 0.500. The van der Waals surface area contributed by atoms with Crippen molar-refractivity contribution >= 4 is 5.91 Å². The van der Waals surface area contributed by atoms with Crippen LogP contribution in [-0.4, -0.2) is 28.6 Å². The molecule has 16 heavy (non-hydrogen) atoms. The van der Waals surface area contributed by atoms with Crippen molar-refractivity contribution in [3.63, 3.8) is 0 Å². The number of rotatable bonds is 5. The number of carbonyl (C=O) groups is 1. The van der Waals surface area contributed by atoms with Crippen LogP contribution in [0.4, 0.5) is 0 Å². The van der Waals surface area contributed by atoms with Gasteiger partial charge in [0.1, 0.15) is 0 Å². The molecule has 0 radical (unpaired) electrons. The Balaban J connectivity index is 2.47. The monoisotopic (exact) mass is 222 g/mol. The lowest BCUT2D eigenvalue weighted by molar-refractivity contribution is -0.121. The summed E-state index contributed by atoms with van der Waals surface area (Å²) < 4.78 is 0. The van der Waals surface area contributed by atoms with Gasteiger partial charge in [0.15, 0.2) is 0 Å². The van der Waals surface area contributed by atoms with E-state index in [1.54, 1.807) is 6.20 Å². The van der Waals surface area contributed by atoms with Crippen molar-refractivity contribution in [2.45, 2.75) is 26.3 Å². The van der Waals surface area contributed by atoms with Gasteiger partial charge >= 0.3 is 0 Å². The van der Waals surface area contributed by atoms with Crippen LogP contribution in [0, 0.1) is 5.92 Å². The average molecular weight is 222 g/mol. The zero-order valence-corrected chi connectivity index (χ0v) is 9.68. The van der Waals surface area contributed by atoms with Gasteiger partial charge in [-0.05, 0) is 18.1 Å². The molecule has 88 valence electrons. The summed E-state index contributed by atoms with van der Waals surface area (Å²) in [6.07, 6.45) is 1.92. The molecule has 4 nitrogen and oxygen atoms in total. The van der Waals surface area contributed by atoms with E-state index in [9.17, 15) is 4.79 Å². The first-order chi connectivity index (χ1) is 7.63. The molecule has 0 fully saturated rings. The summed E-state index contributed by atoms with van der Waals surface area (Å²) >= 11 is 0. The maximum absolute atomic E-state index is 11.6. The Kier molecular flexibility index (Phi) is 4.92. The third-order valence-corrected chi connectivity index (χ3v) is 2.42. The Morgan fingerprint density at radius 2 is 2.25 bits per heavy atom. The standard InChI is InChI=1S/C12H18N2O2/c1-9(2)11(8-15)14-12(16)7-10-5-3-4-6-13-10/h3-6,9,11,15H,7-8H2,1-2H3,(H,14,16)/t11-/m1/s1. The smallest absolute Gasteiger partial charge is 0.226 e. The van der Waals surface area contributed by atoms with Crippen molar-refractivity contribution in [3.8, 4) is 0 Å². The number of nitrogens with one attached hydrogen (secondary N) is 1. The molecule has 0 aliphatic heterocycles. The Hall–Kier alpha value is -1.42. The highest BCUT2D eigenvalue weighted by atomic mass is 16.3. The fourth-order valence-electron chi connectivity index (χ4n) is 1.35. The Morgan fingerprint density at radius 3 is 2.75 bits per heavy atom. The van der Waals surface area contributed by atoms with Gasteiger partial charge in [-0.25, -0.2) is 0 Å². The number of aliphatic hydroxyl groups is 1. The highest BCUT2D eigenvalue weighted by molar-refractivity contribution is 5.78. The molecule has 1 aromatic heterocycles. The maximum Gasteiger partial charge on any atom is 0.226 e. The van der Waals surface area contributed by atoms with Gasteiger partial charge in [-0.3, -0.25) is 9.78 Å². The zero-order chi connectivity index (χ0) is 12.0. The van der Waals surface area contributed by atoms with Crippen LogP contribution in [0.1, 0.15) is 19.5 Å². The molecule has 1 amide bonds. The van der Waals surface area contributed by atoms with E-state index in [0.29, 0.717) is 0 Å². The van der Waals surface area contributed by atoms with E-state index in [2.05, 4.69) is 10.3 Å². The van der Waals surface area contributed by atoms with Crippen molar-refractivity contribution in [3.05, 3.63) is 30.1 Å². The number of pyridine rings is 1. The third kappa shape index (κ3) is 3.98. The normalized spacial score (nSPS) is 12.5.